The first-order chi connectivity index (χ1) is 17.4. The van der Waals surface area contributed by atoms with E-state index in [2.05, 4.69) is 0 Å². The molecule has 1 heterocycles. The molecule has 0 aliphatic carbocycles. The van der Waals surface area contributed by atoms with E-state index in [0.717, 1.165) is 5.56 Å². The molecule has 36 heavy (non-hydrogen) atoms. The Balaban J connectivity index is 1.68. The maximum atomic E-state index is 13.8. The molecule has 1 aliphatic rings. The minimum Gasteiger partial charge on any atom is -0.507 e. The van der Waals surface area contributed by atoms with Crippen LogP contribution < -0.4 is 4.74 Å². The first-order valence-corrected chi connectivity index (χ1v) is 11.7. The number of Topliss-reactive ketones (excluding diaryl/α,β-unsaturated/α-hetero) is 1. The smallest absolute Gasteiger partial charge is 0.295 e. The molecule has 0 spiro atoms. The summed E-state index contributed by atoms with van der Waals surface area (Å²) in [6.07, 6.45) is 0.522. The van der Waals surface area contributed by atoms with Crippen molar-refractivity contribution in [2.75, 3.05) is 20.3 Å². The Labute approximate surface area is 209 Å². The van der Waals surface area contributed by atoms with E-state index in [1.807, 2.05) is 30.3 Å². The summed E-state index contributed by atoms with van der Waals surface area (Å²) in [6.45, 7) is 2.66. The first-order valence-electron chi connectivity index (χ1n) is 11.7. The van der Waals surface area contributed by atoms with Gasteiger partial charge in [-0.25, -0.2) is 4.39 Å². The van der Waals surface area contributed by atoms with Gasteiger partial charge >= 0.3 is 0 Å². The van der Waals surface area contributed by atoms with Crippen molar-refractivity contribution in [3.63, 3.8) is 0 Å². The third-order valence-electron chi connectivity index (χ3n) is 6.16. The lowest BCUT2D eigenvalue weighted by Crippen LogP contribution is -2.31. The van der Waals surface area contributed by atoms with E-state index >= 15 is 0 Å². The number of ketones is 1. The molecule has 4 rings (SSSR count). The van der Waals surface area contributed by atoms with Crippen LogP contribution >= 0.6 is 0 Å². The Kier molecular flexibility index (Phi) is 7.80. The highest BCUT2D eigenvalue weighted by Gasteiger charge is 2.45. The molecule has 3 aromatic carbocycles. The number of likely N-dealkylation sites (tertiary alicyclic amines) is 1. The maximum Gasteiger partial charge on any atom is 0.295 e. The molecule has 0 saturated carbocycles. The Morgan fingerprint density at radius 2 is 1.75 bits per heavy atom. The van der Waals surface area contributed by atoms with E-state index in [-0.39, 0.29) is 23.4 Å². The fraction of sp³-hybridized carbons (Fsp3) is 0.241. The number of hydrogen-bond donors (Lipinski definition) is 1. The van der Waals surface area contributed by atoms with Crippen LogP contribution in [0.5, 0.6) is 5.75 Å². The van der Waals surface area contributed by atoms with Crippen molar-refractivity contribution >= 4 is 17.4 Å². The van der Waals surface area contributed by atoms with Gasteiger partial charge in [0.25, 0.3) is 11.7 Å². The number of ether oxygens (including phenoxy) is 2. The third kappa shape index (κ3) is 5.31. The van der Waals surface area contributed by atoms with Crippen LogP contribution in [-0.2, 0) is 20.9 Å². The number of rotatable bonds is 9. The molecular formula is C29H28FNO5. The number of carbonyl (C=O) groups excluding carboxylic acids is 2. The molecule has 0 radical (unpaired) electrons. The second kappa shape index (κ2) is 11.2. The van der Waals surface area contributed by atoms with Gasteiger partial charge in [-0.2, -0.15) is 0 Å². The molecule has 1 saturated heterocycles. The van der Waals surface area contributed by atoms with Crippen LogP contribution in [0.1, 0.15) is 34.7 Å². The third-order valence-corrected chi connectivity index (χ3v) is 6.16. The Morgan fingerprint density at radius 1 is 1.03 bits per heavy atom. The zero-order chi connectivity index (χ0) is 25.7. The van der Waals surface area contributed by atoms with Crippen molar-refractivity contribution in [3.05, 3.63) is 106 Å². The summed E-state index contributed by atoms with van der Waals surface area (Å²) in [7, 11) is 1.57. The number of aryl methyl sites for hydroxylation is 1. The number of halogens is 1. The number of nitrogens with zero attached hydrogens (tertiary/aromatic N) is 1. The van der Waals surface area contributed by atoms with Crippen molar-refractivity contribution in [1.82, 2.24) is 4.90 Å². The second-order valence-electron chi connectivity index (χ2n) is 8.65. The predicted molar refractivity (Wildman–Crippen MR) is 134 cm³/mol. The van der Waals surface area contributed by atoms with E-state index in [4.69, 9.17) is 9.47 Å². The molecule has 186 valence electrons. The van der Waals surface area contributed by atoms with Crippen LogP contribution in [0.4, 0.5) is 4.39 Å². The highest BCUT2D eigenvalue weighted by Crippen LogP contribution is 2.40. The number of methoxy groups -OCH3 is 1. The van der Waals surface area contributed by atoms with E-state index in [9.17, 15) is 19.1 Å². The molecule has 1 N–H and O–H groups in total. The molecule has 1 amide bonds. The van der Waals surface area contributed by atoms with Gasteiger partial charge in [-0.15, -0.1) is 0 Å². The summed E-state index contributed by atoms with van der Waals surface area (Å²) in [5.74, 6) is -1.59. The molecular weight excluding hydrogens is 461 g/mol. The molecule has 1 aliphatic heterocycles. The van der Waals surface area contributed by atoms with E-state index < -0.39 is 23.5 Å². The van der Waals surface area contributed by atoms with Gasteiger partial charge in [-0.05, 0) is 60.4 Å². The number of benzene rings is 3. The SMILES string of the molecule is COCCCN1C(=O)C(=O)/C(=C(\O)c2ccc(F)c(C)c2)C1c1ccc(OCc2ccccc2)cc1. The molecule has 0 aromatic heterocycles. The van der Waals surface area contributed by atoms with Gasteiger partial charge in [-0.1, -0.05) is 42.5 Å². The Hall–Kier alpha value is -3.97. The van der Waals surface area contributed by atoms with Gasteiger partial charge in [0.15, 0.2) is 0 Å². The summed E-state index contributed by atoms with van der Waals surface area (Å²) < 4.78 is 24.8. The first kappa shape index (κ1) is 25.1. The fourth-order valence-corrected chi connectivity index (χ4v) is 4.27. The maximum absolute atomic E-state index is 13.8. The lowest BCUT2D eigenvalue weighted by molar-refractivity contribution is -0.140. The van der Waals surface area contributed by atoms with Crippen molar-refractivity contribution in [1.29, 1.82) is 0 Å². The molecule has 7 heteroatoms. The zero-order valence-corrected chi connectivity index (χ0v) is 20.2. The van der Waals surface area contributed by atoms with Crippen molar-refractivity contribution in [2.24, 2.45) is 0 Å². The molecule has 0 bridgehead atoms. The van der Waals surface area contributed by atoms with Gasteiger partial charge in [0.1, 0.15) is 23.9 Å². The minimum absolute atomic E-state index is 0.0265. The summed E-state index contributed by atoms with van der Waals surface area (Å²) in [6, 6.07) is 20.2. The normalized spacial score (nSPS) is 17.0. The molecule has 1 unspecified atom stereocenters. The van der Waals surface area contributed by atoms with Crippen molar-refractivity contribution < 1.29 is 28.6 Å². The van der Waals surface area contributed by atoms with E-state index in [1.165, 1.54) is 23.1 Å². The summed E-state index contributed by atoms with van der Waals surface area (Å²) in [5.41, 5.74) is 2.25. The summed E-state index contributed by atoms with van der Waals surface area (Å²) >= 11 is 0. The number of carbonyl (C=O) groups is 2. The van der Waals surface area contributed by atoms with Crippen LogP contribution in [0.15, 0.2) is 78.4 Å². The van der Waals surface area contributed by atoms with E-state index in [1.54, 1.807) is 38.3 Å². The van der Waals surface area contributed by atoms with E-state index in [0.29, 0.717) is 36.5 Å². The summed E-state index contributed by atoms with van der Waals surface area (Å²) in [5, 5.41) is 11.1. The second-order valence-corrected chi connectivity index (χ2v) is 8.65. The lowest BCUT2D eigenvalue weighted by Gasteiger charge is -2.25. The number of aliphatic hydroxyl groups is 1. The highest BCUT2D eigenvalue weighted by atomic mass is 19.1. The van der Waals surface area contributed by atoms with Crippen LogP contribution in [-0.4, -0.2) is 42.0 Å². The Bertz CT molecular complexity index is 1270. The highest BCUT2D eigenvalue weighted by molar-refractivity contribution is 6.46. The largest absolute Gasteiger partial charge is 0.507 e. The van der Waals surface area contributed by atoms with Crippen LogP contribution in [0.25, 0.3) is 5.76 Å². The molecule has 1 fully saturated rings. The standard InChI is InChI=1S/C29H28FNO5/c1-19-17-22(11-14-24(19)30)27(32)25-26(31(15-6-16-35-2)29(34)28(25)33)21-9-12-23(13-10-21)36-18-20-7-4-3-5-8-20/h3-5,7-14,17,26,32H,6,15-16,18H2,1-2H3/b27-25-. The Morgan fingerprint density at radius 3 is 2.42 bits per heavy atom. The quantitative estimate of drug-likeness (QED) is 0.194. The van der Waals surface area contributed by atoms with Gasteiger partial charge in [0.05, 0.1) is 11.6 Å². The van der Waals surface area contributed by atoms with Gasteiger partial charge in [0, 0.05) is 25.8 Å². The molecule has 3 aromatic rings. The monoisotopic (exact) mass is 489 g/mol. The summed E-state index contributed by atoms with van der Waals surface area (Å²) in [4.78, 5) is 27.5. The van der Waals surface area contributed by atoms with Crippen LogP contribution in [0.2, 0.25) is 0 Å². The average Bonchev–Trinajstić information content (AvgIpc) is 3.15. The predicted octanol–water partition coefficient (Wildman–Crippen LogP) is 5.17. The van der Waals surface area contributed by atoms with Crippen LogP contribution in [0, 0.1) is 12.7 Å². The van der Waals surface area contributed by atoms with Gasteiger partial charge in [0.2, 0.25) is 0 Å². The lowest BCUT2D eigenvalue weighted by atomic mass is 9.94. The molecule has 1 atom stereocenters. The fourth-order valence-electron chi connectivity index (χ4n) is 4.27. The van der Waals surface area contributed by atoms with Gasteiger partial charge < -0.3 is 19.5 Å². The minimum atomic E-state index is -0.796. The topological polar surface area (TPSA) is 76.1 Å². The van der Waals surface area contributed by atoms with Crippen molar-refractivity contribution in [2.45, 2.75) is 26.0 Å². The number of amides is 1. The van der Waals surface area contributed by atoms with Crippen LogP contribution in [0.3, 0.4) is 0 Å². The average molecular weight is 490 g/mol. The molecule has 6 nitrogen and oxygen atoms in total. The van der Waals surface area contributed by atoms with Crippen molar-refractivity contribution in [3.8, 4) is 5.75 Å². The number of hydrogen-bond acceptors (Lipinski definition) is 5. The van der Waals surface area contributed by atoms with Gasteiger partial charge in [-0.3, -0.25) is 9.59 Å². The number of aliphatic hydroxyl groups excluding tert-OH is 1. The zero-order valence-electron chi connectivity index (χ0n) is 20.2.